The molecule has 1 heterocycles. The van der Waals surface area contributed by atoms with Gasteiger partial charge in [-0.2, -0.15) is 0 Å². The summed E-state index contributed by atoms with van der Waals surface area (Å²) in [6.07, 6.45) is 0.932. The van der Waals surface area contributed by atoms with Crippen molar-refractivity contribution in [3.8, 4) is 23.0 Å². The first kappa shape index (κ1) is 22.3. The van der Waals surface area contributed by atoms with E-state index in [2.05, 4.69) is 5.32 Å². The van der Waals surface area contributed by atoms with Gasteiger partial charge in [-0.3, -0.25) is 9.59 Å². The Balaban J connectivity index is 1.48. The molecule has 31 heavy (non-hydrogen) atoms. The summed E-state index contributed by atoms with van der Waals surface area (Å²) in [4.78, 5) is 26.4. The Morgan fingerprint density at radius 3 is 2.32 bits per heavy atom. The Bertz CT molecular complexity index is 884. The van der Waals surface area contributed by atoms with Crippen LogP contribution in [0.1, 0.15) is 20.3 Å². The lowest BCUT2D eigenvalue weighted by Crippen LogP contribution is -2.40. The van der Waals surface area contributed by atoms with E-state index in [9.17, 15) is 9.59 Å². The van der Waals surface area contributed by atoms with Gasteiger partial charge in [-0.25, -0.2) is 0 Å². The summed E-state index contributed by atoms with van der Waals surface area (Å²) in [7, 11) is 0. The van der Waals surface area contributed by atoms with E-state index in [0.29, 0.717) is 49.3 Å². The van der Waals surface area contributed by atoms with E-state index in [0.717, 1.165) is 12.2 Å². The number of benzene rings is 2. The molecule has 8 heteroatoms. The summed E-state index contributed by atoms with van der Waals surface area (Å²) < 4.78 is 22.1. The zero-order valence-corrected chi connectivity index (χ0v) is 17.9. The summed E-state index contributed by atoms with van der Waals surface area (Å²) in [5, 5.41) is 2.79. The minimum absolute atomic E-state index is 0.0725. The predicted molar refractivity (Wildman–Crippen MR) is 116 cm³/mol. The first-order valence-corrected chi connectivity index (χ1v) is 10.4. The third kappa shape index (κ3) is 6.53. The first-order valence-electron chi connectivity index (χ1n) is 10.4. The summed E-state index contributed by atoms with van der Waals surface area (Å²) in [5.41, 5.74) is 0.583. The zero-order valence-electron chi connectivity index (χ0n) is 17.9. The fourth-order valence-corrected chi connectivity index (χ4v) is 2.96. The first-order chi connectivity index (χ1) is 15.1. The van der Waals surface area contributed by atoms with Crippen molar-refractivity contribution in [2.45, 2.75) is 20.3 Å². The number of nitrogens with zero attached hydrogens (tertiary/aromatic N) is 1. The number of likely N-dealkylation sites (N-methyl/N-ethyl adjacent to an activating group) is 1. The van der Waals surface area contributed by atoms with Crippen LogP contribution in [-0.2, 0) is 9.59 Å². The minimum Gasteiger partial charge on any atom is -0.494 e. The molecule has 2 aromatic carbocycles. The van der Waals surface area contributed by atoms with E-state index >= 15 is 0 Å². The SMILES string of the molecule is CCCOc1ccc(OCC(=O)N(CC)CC(=O)Nc2ccc3c(c2)OCCO3)cc1. The number of amides is 2. The van der Waals surface area contributed by atoms with Crippen molar-refractivity contribution in [1.82, 2.24) is 4.90 Å². The number of carbonyl (C=O) groups is 2. The lowest BCUT2D eigenvalue weighted by atomic mass is 10.2. The lowest BCUT2D eigenvalue weighted by molar-refractivity contribution is -0.136. The highest BCUT2D eigenvalue weighted by Crippen LogP contribution is 2.32. The van der Waals surface area contributed by atoms with Gasteiger partial charge in [0.05, 0.1) is 13.2 Å². The number of nitrogens with one attached hydrogen (secondary N) is 1. The third-order valence-corrected chi connectivity index (χ3v) is 4.55. The second-order valence-corrected chi connectivity index (χ2v) is 6.92. The van der Waals surface area contributed by atoms with Crippen LogP contribution >= 0.6 is 0 Å². The van der Waals surface area contributed by atoms with E-state index in [4.69, 9.17) is 18.9 Å². The lowest BCUT2D eigenvalue weighted by Gasteiger charge is -2.21. The highest BCUT2D eigenvalue weighted by atomic mass is 16.6. The standard InChI is InChI=1S/C23H28N2O6/c1-3-11-28-18-6-8-19(9-7-18)31-16-23(27)25(4-2)15-22(26)24-17-5-10-20-21(14-17)30-13-12-29-20/h5-10,14H,3-4,11-13,15-16H2,1-2H3,(H,24,26). The van der Waals surface area contributed by atoms with Crippen molar-refractivity contribution in [3.63, 3.8) is 0 Å². The number of carbonyl (C=O) groups excluding carboxylic acids is 2. The number of rotatable bonds is 10. The Labute approximate surface area is 182 Å². The van der Waals surface area contributed by atoms with Crippen LogP contribution in [0.5, 0.6) is 23.0 Å². The molecule has 3 rings (SSSR count). The van der Waals surface area contributed by atoms with Gasteiger partial charge in [0.2, 0.25) is 5.91 Å². The Morgan fingerprint density at radius 1 is 0.968 bits per heavy atom. The fourth-order valence-electron chi connectivity index (χ4n) is 2.96. The maximum absolute atomic E-state index is 12.5. The van der Waals surface area contributed by atoms with Gasteiger partial charge in [0.15, 0.2) is 18.1 Å². The van der Waals surface area contributed by atoms with Crippen LogP contribution < -0.4 is 24.3 Å². The molecule has 0 fully saturated rings. The second-order valence-electron chi connectivity index (χ2n) is 6.92. The Morgan fingerprint density at radius 2 is 1.65 bits per heavy atom. The molecule has 8 nitrogen and oxygen atoms in total. The van der Waals surface area contributed by atoms with Crippen molar-refractivity contribution < 1.29 is 28.5 Å². The van der Waals surface area contributed by atoms with Crippen molar-refractivity contribution in [2.24, 2.45) is 0 Å². The van der Waals surface area contributed by atoms with Crippen LogP contribution in [0.3, 0.4) is 0 Å². The van der Waals surface area contributed by atoms with Crippen LogP contribution in [0.15, 0.2) is 42.5 Å². The highest BCUT2D eigenvalue weighted by molar-refractivity contribution is 5.95. The van der Waals surface area contributed by atoms with Gasteiger partial charge in [0.25, 0.3) is 5.91 Å². The van der Waals surface area contributed by atoms with Crippen molar-refractivity contribution in [3.05, 3.63) is 42.5 Å². The number of fused-ring (bicyclic) bond motifs is 1. The van der Waals surface area contributed by atoms with E-state index < -0.39 is 0 Å². The molecule has 1 aliphatic heterocycles. The van der Waals surface area contributed by atoms with E-state index in [-0.39, 0.29) is 25.0 Å². The maximum atomic E-state index is 12.5. The van der Waals surface area contributed by atoms with Crippen molar-refractivity contribution in [1.29, 1.82) is 0 Å². The molecule has 2 amide bonds. The molecule has 0 saturated carbocycles. The molecule has 166 valence electrons. The smallest absolute Gasteiger partial charge is 0.260 e. The molecule has 0 atom stereocenters. The molecule has 0 aromatic heterocycles. The topological polar surface area (TPSA) is 86.3 Å². The molecular weight excluding hydrogens is 400 g/mol. The normalized spacial score (nSPS) is 12.1. The summed E-state index contributed by atoms with van der Waals surface area (Å²) in [6, 6.07) is 12.3. The predicted octanol–water partition coefficient (Wildman–Crippen LogP) is 3.11. The van der Waals surface area contributed by atoms with E-state index in [1.165, 1.54) is 4.90 Å². The summed E-state index contributed by atoms with van der Waals surface area (Å²) in [5.74, 6) is 1.99. The van der Waals surface area contributed by atoms with E-state index in [1.54, 1.807) is 42.5 Å². The molecule has 1 aliphatic rings. The Hall–Kier alpha value is -3.42. The molecule has 0 bridgehead atoms. The van der Waals surface area contributed by atoms with Gasteiger partial charge in [-0.05, 0) is 49.7 Å². The van der Waals surface area contributed by atoms with Crippen LogP contribution in [0, 0.1) is 0 Å². The third-order valence-electron chi connectivity index (χ3n) is 4.55. The van der Waals surface area contributed by atoms with Crippen LogP contribution in [0.2, 0.25) is 0 Å². The van der Waals surface area contributed by atoms with Crippen molar-refractivity contribution in [2.75, 3.05) is 44.8 Å². The largest absolute Gasteiger partial charge is 0.494 e. The van der Waals surface area contributed by atoms with Gasteiger partial charge >= 0.3 is 0 Å². The average molecular weight is 428 g/mol. The maximum Gasteiger partial charge on any atom is 0.260 e. The molecule has 0 radical (unpaired) electrons. The van der Waals surface area contributed by atoms with Crippen molar-refractivity contribution >= 4 is 17.5 Å². The monoisotopic (exact) mass is 428 g/mol. The van der Waals surface area contributed by atoms with Gasteiger partial charge < -0.3 is 29.2 Å². The quantitative estimate of drug-likeness (QED) is 0.626. The average Bonchev–Trinajstić information content (AvgIpc) is 2.80. The van der Waals surface area contributed by atoms with E-state index in [1.807, 2.05) is 13.8 Å². The fraction of sp³-hybridized carbons (Fsp3) is 0.391. The zero-order chi connectivity index (χ0) is 22.1. The van der Waals surface area contributed by atoms with Gasteiger partial charge in [-0.15, -0.1) is 0 Å². The molecule has 1 N–H and O–H groups in total. The molecule has 0 aliphatic carbocycles. The Kier molecular flexibility index (Phi) is 7.98. The van der Waals surface area contributed by atoms with Gasteiger partial charge in [0, 0.05) is 18.3 Å². The number of hydrogen-bond acceptors (Lipinski definition) is 6. The highest BCUT2D eigenvalue weighted by Gasteiger charge is 2.18. The van der Waals surface area contributed by atoms with Crippen LogP contribution in [0.4, 0.5) is 5.69 Å². The molecule has 0 unspecified atom stereocenters. The minimum atomic E-state index is -0.302. The van der Waals surface area contributed by atoms with Gasteiger partial charge in [-0.1, -0.05) is 6.92 Å². The molecule has 0 spiro atoms. The molecule has 2 aromatic rings. The van der Waals surface area contributed by atoms with Gasteiger partial charge in [0.1, 0.15) is 24.7 Å². The molecule has 0 saturated heterocycles. The number of hydrogen-bond donors (Lipinski definition) is 1. The number of ether oxygens (including phenoxy) is 4. The van der Waals surface area contributed by atoms with Crippen LogP contribution in [-0.4, -0.2) is 56.2 Å². The molecular formula is C23H28N2O6. The second kappa shape index (κ2) is 11.1. The summed E-state index contributed by atoms with van der Waals surface area (Å²) >= 11 is 0. The van der Waals surface area contributed by atoms with Crippen LogP contribution in [0.25, 0.3) is 0 Å². The number of anilines is 1. The summed E-state index contributed by atoms with van der Waals surface area (Å²) in [6.45, 7) is 5.65.